The van der Waals surface area contributed by atoms with E-state index in [0.717, 1.165) is 66.9 Å². The topological polar surface area (TPSA) is 77.8 Å². The van der Waals surface area contributed by atoms with Crippen LogP contribution in [-0.2, 0) is 16.3 Å². The van der Waals surface area contributed by atoms with Crippen molar-refractivity contribution in [2.24, 2.45) is 0 Å². The highest BCUT2D eigenvalue weighted by molar-refractivity contribution is 7.91. The molecule has 0 aromatic heterocycles. The maximum Gasteiger partial charge on any atom is 0.390 e. The normalized spacial score (nSPS) is 14.7. The van der Waals surface area contributed by atoms with E-state index in [9.17, 15) is 40.6 Å². The second-order valence-electron chi connectivity index (χ2n) is 12.4. The average molecular weight is 646 g/mol. The van der Waals surface area contributed by atoms with Crippen molar-refractivity contribution in [1.82, 2.24) is 4.90 Å². The maximum absolute atomic E-state index is 14.1. The van der Waals surface area contributed by atoms with Crippen molar-refractivity contribution in [2.75, 3.05) is 31.1 Å². The summed E-state index contributed by atoms with van der Waals surface area (Å²) in [5.41, 5.74) is 3.44. The van der Waals surface area contributed by atoms with Crippen molar-refractivity contribution in [3.63, 3.8) is 0 Å². The number of halogens is 5. The van der Waals surface area contributed by atoms with Crippen LogP contribution in [0.25, 0.3) is 11.1 Å². The number of alkyl halides is 3. The monoisotopic (exact) mass is 645 g/mol. The number of hydrogen-bond acceptors (Lipinski definition) is 5. The number of unbranched alkanes of at least 4 members (excludes halogenated alkanes) is 3. The van der Waals surface area contributed by atoms with Gasteiger partial charge in [-0.2, -0.15) is 13.2 Å². The van der Waals surface area contributed by atoms with Gasteiger partial charge in [0.15, 0.2) is 9.84 Å². The lowest BCUT2D eigenvalue weighted by Crippen LogP contribution is -2.40. The molecule has 0 atom stereocenters. The average Bonchev–Trinajstić information content (AvgIpc) is 3.06. The Morgan fingerprint density at radius 3 is 2.18 bits per heavy atom. The Morgan fingerprint density at radius 1 is 0.864 bits per heavy atom. The predicted octanol–water partition coefficient (Wildman–Crippen LogP) is 7.70. The highest BCUT2D eigenvalue weighted by Crippen LogP contribution is 2.40. The van der Waals surface area contributed by atoms with Gasteiger partial charge in [-0.3, -0.25) is 0 Å². The summed E-state index contributed by atoms with van der Waals surface area (Å²) in [5, 5.41) is 20.4. The molecule has 3 rings (SSSR count). The number of phenols is 1. The Morgan fingerprint density at radius 2 is 1.52 bits per heavy atom. The smallest absolute Gasteiger partial charge is 0.390 e. The first-order valence-corrected chi connectivity index (χ1v) is 17.1. The molecule has 11 heteroatoms. The molecule has 2 aromatic rings. The summed E-state index contributed by atoms with van der Waals surface area (Å²) in [6, 6.07) is 8.85. The molecule has 0 unspecified atom stereocenters. The van der Waals surface area contributed by atoms with Gasteiger partial charge >= 0.3 is 6.18 Å². The molecule has 0 aliphatic heterocycles. The largest absolute Gasteiger partial charge is 0.508 e. The number of phenolic OH excluding ortho intramolecular Hbond substituents is 1. The molecule has 246 valence electrons. The van der Waals surface area contributed by atoms with E-state index in [1.807, 2.05) is 11.0 Å². The fourth-order valence-corrected chi connectivity index (χ4v) is 7.19. The molecule has 1 aliphatic carbocycles. The highest BCUT2D eigenvalue weighted by Gasteiger charge is 2.30. The Bertz CT molecular complexity index is 1360. The second-order valence-corrected chi connectivity index (χ2v) is 14.7. The van der Waals surface area contributed by atoms with Crippen molar-refractivity contribution in [3.8, 4) is 5.75 Å². The van der Waals surface area contributed by atoms with E-state index in [4.69, 9.17) is 0 Å². The number of sulfone groups is 1. The summed E-state index contributed by atoms with van der Waals surface area (Å²) >= 11 is 0. The lowest BCUT2D eigenvalue weighted by molar-refractivity contribution is -0.129. The van der Waals surface area contributed by atoms with E-state index in [1.54, 1.807) is 26.0 Å². The Hall–Kier alpha value is -2.50. The van der Waals surface area contributed by atoms with Crippen LogP contribution in [0.15, 0.2) is 36.4 Å². The molecule has 2 aromatic carbocycles. The highest BCUT2D eigenvalue weighted by atomic mass is 32.2. The minimum Gasteiger partial charge on any atom is -0.508 e. The van der Waals surface area contributed by atoms with Crippen molar-refractivity contribution in [1.29, 1.82) is 0 Å². The van der Waals surface area contributed by atoms with Crippen LogP contribution in [0.5, 0.6) is 5.75 Å². The second kappa shape index (κ2) is 15.7. The number of aromatic hydroxyl groups is 1. The lowest BCUT2D eigenvalue weighted by Gasteiger charge is -2.29. The van der Waals surface area contributed by atoms with Crippen molar-refractivity contribution in [3.05, 3.63) is 64.7 Å². The van der Waals surface area contributed by atoms with Crippen LogP contribution in [0, 0.1) is 11.6 Å². The fourth-order valence-electron chi connectivity index (χ4n) is 5.87. The molecule has 1 aliphatic rings. The molecule has 0 radical (unpaired) electrons. The van der Waals surface area contributed by atoms with Crippen LogP contribution in [0.4, 0.5) is 22.0 Å². The standard InChI is InChI=1S/C33H44F5NO4S/c1-32(2,41)23-39(16-8-17-44(42,43)18-14-33(36,37)38)15-6-4-3-5-10-31-29(25-19-26(34)22-27(35)20-25)11-7-9-24-21-28(40)12-13-30(24)31/h12-13,19-22,40-41H,3-11,14-18,23H2,1-2H3. The van der Waals surface area contributed by atoms with Crippen molar-refractivity contribution < 1.29 is 40.6 Å². The number of aryl methyl sites for hydroxylation is 1. The van der Waals surface area contributed by atoms with Crippen molar-refractivity contribution >= 4 is 21.0 Å². The Kier molecular flexibility index (Phi) is 12.8. The minimum absolute atomic E-state index is 0.179. The third-order valence-corrected chi connectivity index (χ3v) is 9.49. The van der Waals surface area contributed by atoms with Gasteiger partial charge in [-0.25, -0.2) is 17.2 Å². The molecule has 2 N–H and O–H groups in total. The van der Waals surface area contributed by atoms with Gasteiger partial charge in [-0.05, 0) is 124 Å². The summed E-state index contributed by atoms with van der Waals surface area (Å²) in [5.74, 6) is -2.33. The molecule has 0 saturated heterocycles. The molecule has 0 fully saturated rings. The van der Waals surface area contributed by atoms with Gasteiger partial charge in [0.05, 0.1) is 23.5 Å². The molecule has 5 nitrogen and oxygen atoms in total. The van der Waals surface area contributed by atoms with E-state index < -0.39 is 45.4 Å². The third-order valence-electron chi connectivity index (χ3n) is 7.75. The van der Waals surface area contributed by atoms with Crippen LogP contribution < -0.4 is 0 Å². The van der Waals surface area contributed by atoms with Gasteiger partial charge in [-0.15, -0.1) is 0 Å². The van der Waals surface area contributed by atoms with Gasteiger partial charge in [-0.1, -0.05) is 18.9 Å². The fraction of sp³-hybridized carbons (Fsp3) is 0.576. The Balaban J connectivity index is 1.60. The van der Waals surface area contributed by atoms with E-state index in [-0.39, 0.29) is 17.9 Å². The summed E-state index contributed by atoms with van der Waals surface area (Å²) < 4.78 is 89.7. The molecular formula is C33H44F5NO4S. The van der Waals surface area contributed by atoms with Crippen molar-refractivity contribution in [2.45, 2.75) is 89.8 Å². The zero-order valence-corrected chi connectivity index (χ0v) is 26.3. The van der Waals surface area contributed by atoms with E-state index >= 15 is 0 Å². The van der Waals surface area contributed by atoms with E-state index in [1.165, 1.54) is 12.1 Å². The number of nitrogens with zero attached hydrogens (tertiary/aromatic N) is 1. The molecular weight excluding hydrogens is 601 g/mol. The van der Waals surface area contributed by atoms with Gasteiger partial charge in [0, 0.05) is 12.6 Å². The molecule has 0 amide bonds. The summed E-state index contributed by atoms with van der Waals surface area (Å²) in [6.45, 7) is 4.56. The number of hydrogen-bond donors (Lipinski definition) is 2. The molecule has 0 heterocycles. The number of aliphatic hydroxyl groups is 1. The molecule has 0 saturated carbocycles. The van der Waals surface area contributed by atoms with Crippen LogP contribution in [-0.4, -0.2) is 66.4 Å². The first-order chi connectivity index (χ1) is 20.5. The van der Waals surface area contributed by atoms with Gasteiger partial charge < -0.3 is 15.1 Å². The Labute approximate surface area is 257 Å². The minimum atomic E-state index is -4.52. The third kappa shape index (κ3) is 12.5. The number of fused-ring (bicyclic) bond motifs is 1. The SMILES string of the molecule is CC(C)(O)CN(CCCCCCC1=C(c2cc(F)cc(F)c2)CCCc2cc(O)ccc21)CCCS(=O)(=O)CCC(F)(F)F. The quantitative estimate of drug-likeness (QED) is 0.145. The molecule has 0 spiro atoms. The summed E-state index contributed by atoms with van der Waals surface area (Å²) in [6.07, 6.45) is 0.510. The first-order valence-electron chi connectivity index (χ1n) is 15.2. The van der Waals surface area contributed by atoms with Gasteiger partial charge in [0.1, 0.15) is 17.4 Å². The maximum atomic E-state index is 14.1. The van der Waals surface area contributed by atoms with Crippen LogP contribution in [0.2, 0.25) is 0 Å². The van der Waals surface area contributed by atoms with Crippen LogP contribution in [0.3, 0.4) is 0 Å². The zero-order chi connectivity index (χ0) is 32.5. The van der Waals surface area contributed by atoms with Crippen LogP contribution >= 0.6 is 0 Å². The lowest BCUT2D eigenvalue weighted by atomic mass is 9.89. The van der Waals surface area contributed by atoms with Gasteiger partial charge in [0.25, 0.3) is 0 Å². The number of allylic oxidation sites excluding steroid dienone is 2. The zero-order valence-electron chi connectivity index (χ0n) is 25.5. The summed E-state index contributed by atoms with van der Waals surface area (Å²) in [7, 11) is -3.82. The van der Waals surface area contributed by atoms with E-state index in [2.05, 4.69) is 0 Å². The van der Waals surface area contributed by atoms with Gasteiger partial charge in [0.2, 0.25) is 0 Å². The number of benzene rings is 2. The van der Waals surface area contributed by atoms with Crippen LogP contribution in [0.1, 0.15) is 88.3 Å². The predicted molar refractivity (Wildman–Crippen MR) is 164 cm³/mol. The van der Waals surface area contributed by atoms with E-state index in [0.29, 0.717) is 38.0 Å². The summed E-state index contributed by atoms with van der Waals surface area (Å²) in [4.78, 5) is 1.95. The molecule has 44 heavy (non-hydrogen) atoms. The molecule has 0 bridgehead atoms. The first kappa shape index (κ1) is 36.0. The number of rotatable bonds is 16.